The van der Waals surface area contributed by atoms with Crippen molar-refractivity contribution in [3.05, 3.63) is 93.0 Å². The monoisotopic (exact) mass is 561 g/mol. The molecule has 0 aliphatic carbocycles. The summed E-state index contributed by atoms with van der Waals surface area (Å²) >= 11 is 6.10. The molecule has 12 heteroatoms. The van der Waals surface area contributed by atoms with E-state index < -0.39 is 22.6 Å². The minimum absolute atomic E-state index is 0.0183. The van der Waals surface area contributed by atoms with Gasteiger partial charge in [-0.2, -0.15) is 13.2 Å². The van der Waals surface area contributed by atoms with E-state index in [1.165, 1.54) is 12.1 Å². The second-order valence-corrected chi connectivity index (χ2v) is 9.54. The molecule has 39 heavy (non-hydrogen) atoms. The van der Waals surface area contributed by atoms with E-state index >= 15 is 0 Å². The molecule has 0 saturated carbocycles. The summed E-state index contributed by atoms with van der Waals surface area (Å²) in [5, 5.41) is 17.9. The zero-order valence-electron chi connectivity index (χ0n) is 20.9. The minimum Gasteiger partial charge on any atom is -0.379 e. The number of halogens is 4. The highest BCUT2D eigenvalue weighted by atomic mass is 35.5. The SMILES string of the molecule is O=C(Nc1ccc(C(F)(F)F)cc1)c1ccc(NCCCN2CCN(c3cccc(Cl)c3)CC2)c([N+](=O)[O-])c1. The quantitative estimate of drug-likeness (QED) is 0.185. The van der Waals surface area contributed by atoms with Gasteiger partial charge in [0.1, 0.15) is 5.69 Å². The van der Waals surface area contributed by atoms with Crippen molar-refractivity contribution in [3.8, 4) is 0 Å². The number of alkyl halides is 3. The molecule has 1 saturated heterocycles. The van der Waals surface area contributed by atoms with E-state index in [9.17, 15) is 28.1 Å². The molecule has 4 rings (SSSR count). The fourth-order valence-corrected chi connectivity index (χ4v) is 4.53. The summed E-state index contributed by atoms with van der Waals surface area (Å²) in [4.78, 5) is 28.3. The molecule has 3 aromatic carbocycles. The summed E-state index contributed by atoms with van der Waals surface area (Å²) < 4.78 is 38.2. The van der Waals surface area contributed by atoms with Crippen LogP contribution in [0.25, 0.3) is 0 Å². The number of hydrogen-bond donors (Lipinski definition) is 2. The van der Waals surface area contributed by atoms with Crippen LogP contribution in [0.1, 0.15) is 22.3 Å². The predicted molar refractivity (Wildman–Crippen MR) is 146 cm³/mol. The first-order valence-corrected chi connectivity index (χ1v) is 12.7. The Balaban J connectivity index is 1.27. The third-order valence-corrected chi connectivity index (χ3v) is 6.67. The Morgan fingerprint density at radius 2 is 1.72 bits per heavy atom. The van der Waals surface area contributed by atoms with Gasteiger partial charge in [-0.25, -0.2) is 0 Å². The lowest BCUT2D eigenvalue weighted by molar-refractivity contribution is -0.384. The van der Waals surface area contributed by atoms with Crippen LogP contribution in [-0.2, 0) is 6.18 Å². The van der Waals surface area contributed by atoms with Crippen molar-refractivity contribution < 1.29 is 22.9 Å². The number of hydrogen-bond acceptors (Lipinski definition) is 6. The van der Waals surface area contributed by atoms with Crippen LogP contribution in [0.3, 0.4) is 0 Å². The van der Waals surface area contributed by atoms with Gasteiger partial charge in [-0.15, -0.1) is 0 Å². The largest absolute Gasteiger partial charge is 0.416 e. The van der Waals surface area contributed by atoms with Gasteiger partial charge >= 0.3 is 6.18 Å². The molecule has 0 spiro atoms. The zero-order chi connectivity index (χ0) is 28.0. The Kier molecular flexibility index (Phi) is 8.93. The number of anilines is 3. The van der Waals surface area contributed by atoms with Gasteiger partial charge in [-0.1, -0.05) is 17.7 Å². The maximum Gasteiger partial charge on any atom is 0.416 e. The lowest BCUT2D eigenvalue weighted by Crippen LogP contribution is -2.46. The molecule has 1 aliphatic heterocycles. The molecule has 0 atom stereocenters. The van der Waals surface area contributed by atoms with Crippen molar-refractivity contribution in [2.45, 2.75) is 12.6 Å². The number of nitro groups is 1. The molecule has 1 amide bonds. The van der Waals surface area contributed by atoms with Gasteiger partial charge < -0.3 is 15.5 Å². The Morgan fingerprint density at radius 3 is 2.36 bits per heavy atom. The fourth-order valence-electron chi connectivity index (χ4n) is 4.35. The van der Waals surface area contributed by atoms with E-state index in [0.29, 0.717) is 11.6 Å². The summed E-state index contributed by atoms with van der Waals surface area (Å²) in [6, 6.07) is 15.8. The van der Waals surface area contributed by atoms with Gasteiger partial charge in [0, 0.05) is 60.8 Å². The van der Waals surface area contributed by atoms with Gasteiger partial charge in [0.25, 0.3) is 11.6 Å². The first kappa shape index (κ1) is 28.2. The number of nitrogens with one attached hydrogen (secondary N) is 2. The number of rotatable bonds is 9. The smallest absolute Gasteiger partial charge is 0.379 e. The summed E-state index contributed by atoms with van der Waals surface area (Å²) in [5.41, 5.74) is 0.456. The Labute approximate surface area is 228 Å². The third kappa shape index (κ3) is 7.61. The average molecular weight is 562 g/mol. The molecule has 0 aromatic heterocycles. The minimum atomic E-state index is -4.49. The maximum absolute atomic E-state index is 12.7. The van der Waals surface area contributed by atoms with Crippen molar-refractivity contribution in [1.29, 1.82) is 0 Å². The topological polar surface area (TPSA) is 90.8 Å². The number of amides is 1. The van der Waals surface area contributed by atoms with Gasteiger partial charge in [0.2, 0.25) is 0 Å². The van der Waals surface area contributed by atoms with E-state index in [1.54, 1.807) is 0 Å². The summed E-state index contributed by atoms with van der Waals surface area (Å²) in [6.45, 7) is 4.90. The molecule has 0 unspecified atom stereocenters. The first-order valence-electron chi connectivity index (χ1n) is 12.3. The molecule has 1 heterocycles. The summed E-state index contributed by atoms with van der Waals surface area (Å²) in [7, 11) is 0. The van der Waals surface area contributed by atoms with Crippen molar-refractivity contribution in [2.75, 3.05) is 54.8 Å². The van der Waals surface area contributed by atoms with Crippen LogP contribution in [0.2, 0.25) is 5.02 Å². The van der Waals surface area contributed by atoms with Crippen molar-refractivity contribution in [1.82, 2.24) is 4.90 Å². The second kappa shape index (κ2) is 12.4. The Hall–Kier alpha value is -3.83. The normalized spacial score (nSPS) is 14.2. The van der Waals surface area contributed by atoms with Crippen LogP contribution in [0.5, 0.6) is 0 Å². The zero-order valence-corrected chi connectivity index (χ0v) is 21.6. The number of nitrogens with zero attached hydrogens (tertiary/aromatic N) is 3. The van der Waals surface area contributed by atoms with Crippen LogP contribution in [0.4, 0.5) is 35.9 Å². The highest BCUT2D eigenvalue weighted by Gasteiger charge is 2.30. The predicted octanol–water partition coefficient (Wildman–Crippen LogP) is 6.14. The van der Waals surface area contributed by atoms with Crippen LogP contribution >= 0.6 is 11.6 Å². The molecule has 1 fully saturated rings. The summed E-state index contributed by atoms with van der Waals surface area (Å²) in [6.07, 6.45) is -3.72. The number of piperazine rings is 1. The lowest BCUT2D eigenvalue weighted by Gasteiger charge is -2.36. The van der Waals surface area contributed by atoms with Gasteiger partial charge in [-0.05, 0) is 67.6 Å². The van der Waals surface area contributed by atoms with E-state index in [1.807, 2.05) is 24.3 Å². The Bertz CT molecular complexity index is 1310. The molecule has 1 aliphatic rings. The maximum atomic E-state index is 12.7. The molecular weight excluding hydrogens is 535 g/mol. The van der Waals surface area contributed by atoms with E-state index in [4.69, 9.17) is 11.6 Å². The number of carbonyl (C=O) groups is 1. The third-order valence-electron chi connectivity index (χ3n) is 6.44. The van der Waals surface area contributed by atoms with Crippen LogP contribution in [0.15, 0.2) is 66.7 Å². The Morgan fingerprint density at radius 1 is 1.00 bits per heavy atom. The number of nitro benzene ring substituents is 1. The lowest BCUT2D eigenvalue weighted by atomic mass is 10.1. The highest BCUT2D eigenvalue weighted by Crippen LogP contribution is 2.30. The molecule has 0 bridgehead atoms. The van der Waals surface area contributed by atoms with Gasteiger partial charge in [0.05, 0.1) is 10.5 Å². The molecule has 3 aromatic rings. The van der Waals surface area contributed by atoms with Gasteiger partial charge in [-0.3, -0.25) is 19.8 Å². The summed E-state index contributed by atoms with van der Waals surface area (Å²) in [5.74, 6) is -0.665. The van der Waals surface area contributed by atoms with E-state index in [2.05, 4.69) is 20.4 Å². The molecular formula is C27H27ClF3N5O3. The fraction of sp³-hybridized carbons (Fsp3) is 0.296. The molecule has 2 N–H and O–H groups in total. The average Bonchev–Trinajstić information content (AvgIpc) is 2.91. The van der Waals surface area contributed by atoms with Crippen LogP contribution in [-0.4, -0.2) is 55.0 Å². The molecule has 206 valence electrons. The van der Waals surface area contributed by atoms with Crippen molar-refractivity contribution in [2.24, 2.45) is 0 Å². The number of carbonyl (C=O) groups excluding carboxylic acids is 1. The molecule has 0 radical (unpaired) electrons. The van der Waals surface area contributed by atoms with E-state index in [-0.39, 0.29) is 22.6 Å². The second-order valence-electron chi connectivity index (χ2n) is 9.11. The van der Waals surface area contributed by atoms with Gasteiger partial charge in [0.15, 0.2) is 0 Å². The first-order chi connectivity index (χ1) is 18.6. The van der Waals surface area contributed by atoms with Crippen molar-refractivity contribution >= 4 is 40.3 Å². The van der Waals surface area contributed by atoms with Crippen LogP contribution in [0, 0.1) is 10.1 Å². The van der Waals surface area contributed by atoms with Crippen LogP contribution < -0.4 is 15.5 Å². The standard InChI is InChI=1S/C27H27ClF3N5O3/c28-21-3-1-4-23(18-21)35-15-13-34(14-16-35)12-2-11-32-24-10-5-19(17-25(24)36(38)39)26(37)33-22-8-6-20(7-9-22)27(29,30)31/h1,3-10,17-18,32H,2,11-16H2,(H,33,37). The number of benzene rings is 3. The van der Waals surface area contributed by atoms with Crippen molar-refractivity contribution in [3.63, 3.8) is 0 Å². The molecule has 8 nitrogen and oxygen atoms in total. The van der Waals surface area contributed by atoms with E-state index in [0.717, 1.165) is 75.2 Å². The highest BCUT2D eigenvalue weighted by molar-refractivity contribution is 6.30.